The molecule has 21 heavy (non-hydrogen) atoms. The molecule has 0 saturated heterocycles. The number of rotatable bonds is 7. The highest BCUT2D eigenvalue weighted by atomic mass is 19.4. The summed E-state index contributed by atoms with van der Waals surface area (Å²) < 4.78 is 44.7. The van der Waals surface area contributed by atoms with Crippen LogP contribution in [0, 0.1) is 0 Å². The minimum atomic E-state index is -4.40. The second-order valence-corrected chi connectivity index (χ2v) is 4.95. The highest BCUT2D eigenvalue weighted by molar-refractivity contribution is 5.82. The fraction of sp³-hybridized carbons (Fsp3) is 0.846. The maximum Gasteiger partial charge on any atom is 0.411 e. The lowest BCUT2D eigenvalue weighted by Crippen LogP contribution is -2.43. The molecule has 1 rings (SSSR count). The van der Waals surface area contributed by atoms with Crippen LogP contribution in [0.5, 0.6) is 0 Å². The van der Waals surface area contributed by atoms with Crippen molar-refractivity contribution >= 4 is 11.9 Å². The standard InChI is InChI=1S/C13H20F3NO4/c1-20-12(19)8-17(10-4-2-3-5-10)11(18)6-7-21-9-13(14,15)16/h10H,2-9H2,1H3. The molecule has 0 aromatic rings. The normalized spacial score (nSPS) is 16.0. The molecule has 1 aliphatic carbocycles. The van der Waals surface area contributed by atoms with Crippen molar-refractivity contribution in [2.75, 3.05) is 26.9 Å². The number of amides is 1. The Kier molecular flexibility index (Phi) is 6.94. The number of carbonyl (C=O) groups is 2. The molecular weight excluding hydrogens is 291 g/mol. The first-order valence-electron chi connectivity index (χ1n) is 6.84. The molecule has 122 valence electrons. The summed E-state index contributed by atoms with van der Waals surface area (Å²) in [4.78, 5) is 24.8. The van der Waals surface area contributed by atoms with Gasteiger partial charge >= 0.3 is 12.1 Å². The van der Waals surface area contributed by atoms with Crippen molar-refractivity contribution in [3.63, 3.8) is 0 Å². The molecule has 1 amide bonds. The number of hydrogen-bond acceptors (Lipinski definition) is 4. The van der Waals surface area contributed by atoms with Crippen molar-refractivity contribution in [3.8, 4) is 0 Å². The van der Waals surface area contributed by atoms with Gasteiger partial charge in [-0.2, -0.15) is 13.2 Å². The van der Waals surface area contributed by atoms with Gasteiger partial charge in [0.2, 0.25) is 5.91 Å². The first-order chi connectivity index (χ1) is 9.83. The van der Waals surface area contributed by atoms with E-state index in [1.54, 1.807) is 0 Å². The average Bonchev–Trinajstić information content (AvgIpc) is 2.93. The zero-order chi connectivity index (χ0) is 15.9. The molecule has 0 heterocycles. The van der Waals surface area contributed by atoms with Crippen molar-refractivity contribution in [2.24, 2.45) is 0 Å². The third-order valence-electron chi connectivity index (χ3n) is 3.34. The van der Waals surface area contributed by atoms with Crippen LogP contribution in [0.25, 0.3) is 0 Å². The van der Waals surface area contributed by atoms with Gasteiger partial charge in [0.1, 0.15) is 13.2 Å². The van der Waals surface area contributed by atoms with E-state index >= 15 is 0 Å². The summed E-state index contributed by atoms with van der Waals surface area (Å²) in [5.74, 6) is -0.916. The Balaban J connectivity index is 2.45. The summed E-state index contributed by atoms with van der Waals surface area (Å²) in [6, 6.07) is -0.0424. The molecule has 5 nitrogen and oxygen atoms in total. The van der Waals surface area contributed by atoms with E-state index < -0.39 is 18.8 Å². The maximum atomic E-state index is 12.1. The van der Waals surface area contributed by atoms with Gasteiger partial charge in [-0.3, -0.25) is 9.59 Å². The molecule has 1 fully saturated rings. The molecule has 0 unspecified atom stereocenters. The van der Waals surface area contributed by atoms with Gasteiger partial charge in [-0.15, -0.1) is 0 Å². The second kappa shape index (κ2) is 8.21. The lowest BCUT2D eigenvalue weighted by atomic mass is 10.2. The first-order valence-corrected chi connectivity index (χ1v) is 6.84. The zero-order valence-corrected chi connectivity index (χ0v) is 11.9. The number of alkyl halides is 3. The zero-order valence-electron chi connectivity index (χ0n) is 11.9. The van der Waals surface area contributed by atoms with Crippen LogP contribution >= 0.6 is 0 Å². The van der Waals surface area contributed by atoms with Gasteiger partial charge in [0.15, 0.2) is 0 Å². The number of carbonyl (C=O) groups excluding carboxylic acids is 2. The molecular formula is C13H20F3NO4. The number of halogens is 3. The third kappa shape index (κ3) is 6.79. The number of nitrogens with zero attached hydrogens (tertiary/aromatic N) is 1. The van der Waals surface area contributed by atoms with E-state index in [0.29, 0.717) is 0 Å². The molecule has 8 heteroatoms. The lowest BCUT2D eigenvalue weighted by Gasteiger charge is -2.28. The number of methoxy groups -OCH3 is 1. The second-order valence-electron chi connectivity index (χ2n) is 4.95. The summed E-state index contributed by atoms with van der Waals surface area (Å²) in [6.45, 7) is -1.86. The molecule has 1 saturated carbocycles. The molecule has 0 N–H and O–H groups in total. The monoisotopic (exact) mass is 311 g/mol. The van der Waals surface area contributed by atoms with Crippen LogP contribution in [0.4, 0.5) is 13.2 Å². The van der Waals surface area contributed by atoms with Crippen LogP contribution in [0.3, 0.4) is 0 Å². The minimum Gasteiger partial charge on any atom is -0.468 e. The van der Waals surface area contributed by atoms with E-state index in [0.717, 1.165) is 25.7 Å². The van der Waals surface area contributed by atoms with E-state index in [2.05, 4.69) is 9.47 Å². The molecule has 0 spiro atoms. The van der Waals surface area contributed by atoms with Gasteiger partial charge in [-0.1, -0.05) is 12.8 Å². The highest BCUT2D eigenvalue weighted by Gasteiger charge is 2.30. The summed E-state index contributed by atoms with van der Waals surface area (Å²) in [7, 11) is 1.23. The Morgan fingerprint density at radius 3 is 2.38 bits per heavy atom. The topological polar surface area (TPSA) is 55.8 Å². The van der Waals surface area contributed by atoms with E-state index in [4.69, 9.17) is 0 Å². The Morgan fingerprint density at radius 1 is 1.24 bits per heavy atom. The number of hydrogen-bond donors (Lipinski definition) is 0. The van der Waals surface area contributed by atoms with Crippen LogP contribution in [0.15, 0.2) is 0 Å². The van der Waals surface area contributed by atoms with Crippen molar-refractivity contribution in [1.29, 1.82) is 0 Å². The van der Waals surface area contributed by atoms with Crippen LogP contribution < -0.4 is 0 Å². The summed E-state index contributed by atoms with van der Waals surface area (Å²) in [5.41, 5.74) is 0. The predicted octanol–water partition coefficient (Wildman–Crippen LogP) is 1.90. The van der Waals surface area contributed by atoms with Crippen LogP contribution in [0.1, 0.15) is 32.1 Å². The molecule has 0 aliphatic heterocycles. The molecule has 0 bridgehead atoms. The van der Waals surface area contributed by atoms with E-state index in [9.17, 15) is 22.8 Å². The Labute approximate surface area is 121 Å². The van der Waals surface area contributed by atoms with Crippen molar-refractivity contribution < 1.29 is 32.2 Å². The molecule has 0 aromatic heterocycles. The quantitative estimate of drug-likeness (QED) is 0.532. The third-order valence-corrected chi connectivity index (χ3v) is 3.34. The largest absolute Gasteiger partial charge is 0.468 e. The first kappa shape index (κ1) is 17.7. The van der Waals surface area contributed by atoms with Crippen molar-refractivity contribution in [2.45, 2.75) is 44.3 Å². The summed E-state index contributed by atoms with van der Waals surface area (Å²) in [5, 5.41) is 0. The summed E-state index contributed by atoms with van der Waals surface area (Å²) in [6.07, 6.45) is -1.04. The SMILES string of the molecule is COC(=O)CN(C(=O)CCOCC(F)(F)F)C1CCCC1. The molecule has 0 aromatic carbocycles. The Bertz CT molecular complexity index is 354. The fourth-order valence-corrected chi connectivity index (χ4v) is 2.33. The molecule has 1 aliphatic rings. The van der Waals surface area contributed by atoms with E-state index in [1.807, 2.05) is 0 Å². The Hall–Kier alpha value is -1.31. The highest BCUT2D eigenvalue weighted by Crippen LogP contribution is 2.24. The van der Waals surface area contributed by atoms with E-state index in [-0.39, 0.29) is 31.5 Å². The van der Waals surface area contributed by atoms with Gasteiger partial charge in [-0.05, 0) is 12.8 Å². The lowest BCUT2D eigenvalue weighted by molar-refractivity contribution is -0.175. The van der Waals surface area contributed by atoms with Gasteiger partial charge in [0.25, 0.3) is 0 Å². The smallest absolute Gasteiger partial charge is 0.411 e. The van der Waals surface area contributed by atoms with Gasteiger partial charge in [-0.25, -0.2) is 0 Å². The summed E-state index contributed by atoms with van der Waals surface area (Å²) >= 11 is 0. The van der Waals surface area contributed by atoms with Crippen LogP contribution in [0.2, 0.25) is 0 Å². The minimum absolute atomic E-state index is 0.0424. The Morgan fingerprint density at radius 2 is 1.86 bits per heavy atom. The fourth-order valence-electron chi connectivity index (χ4n) is 2.33. The van der Waals surface area contributed by atoms with Gasteiger partial charge in [0.05, 0.1) is 20.1 Å². The maximum absolute atomic E-state index is 12.1. The molecule has 0 radical (unpaired) electrons. The van der Waals surface area contributed by atoms with Crippen molar-refractivity contribution in [1.82, 2.24) is 4.90 Å². The molecule has 0 atom stereocenters. The van der Waals surface area contributed by atoms with Gasteiger partial charge in [0, 0.05) is 6.04 Å². The van der Waals surface area contributed by atoms with Gasteiger partial charge < -0.3 is 14.4 Å². The van der Waals surface area contributed by atoms with E-state index in [1.165, 1.54) is 12.0 Å². The van der Waals surface area contributed by atoms with Crippen molar-refractivity contribution in [3.05, 3.63) is 0 Å². The number of ether oxygens (including phenoxy) is 2. The predicted molar refractivity (Wildman–Crippen MR) is 67.5 cm³/mol. The number of esters is 1. The van der Waals surface area contributed by atoms with Crippen LogP contribution in [-0.2, 0) is 19.1 Å². The van der Waals surface area contributed by atoms with Crippen LogP contribution in [-0.4, -0.2) is 55.9 Å². The average molecular weight is 311 g/mol.